The van der Waals surface area contributed by atoms with E-state index < -0.39 is 0 Å². The van der Waals surface area contributed by atoms with Gasteiger partial charge in [0.1, 0.15) is 0 Å². The average Bonchev–Trinajstić information content (AvgIpc) is 2.85. The normalized spacial score (nSPS) is 33.6. The minimum absolute atomic E-state index is 0.142. The van der Waals surface area contributed by atoms with Crippen LogP contribution >= 0.6 is 0 Å². The molecule has 2 aliphatic rings. The molecule has 4 nitrogen and oxygen atoms in total. The lowest BCUT2D eigenvalue weighted by Gasteiger charge is -2.24. The minimum atomic E-state index is 0.142. The number of hydrogen-bond acceptors (Lipinski definition) is 3. The van der Waals surface area contributed by atoms with Gasteiger partial charge in [-0.05, 0) is 44.6 Å². The Balaban J connectivity index is 1.72. The zero-order valence-electron chi connectivity index (χ0n) is 10.5. The van der Waals surface area contributed by atoms with Crippen LogP contribution in [0.25, 0.3) is 0 Å². The molecular formula is C13H24N2O2. The van der Waals surface area contributed by atoms with Gasteiger partial charge in [0.05, 0.1) is 6.10 Å². The molecule has 0 aromatic carbocycles. The van der Waals surface area contributed by atoms with Crippen molar-refractivity contribution in [2.75, 3.05) is 19.7 Å². The highest BCUT2D eigenvalue weighted by atomic mass is 16.5. The summed E-state index contributed by atoms with van der Waals surface area (Å²) < 4.78 is 5.60. The molecule has 0 aromatic rings. The molecule has 0 radical (unpaired) electrons. The van der Waals surface area contributed by atoms with Crippen molar-refractivity contribution in [3.63, 3.8) is 0 Å². The predicted octanol–water partition coefficient (Wildman–Crippen LogP) is 1.05. The molecular weight excluding hydrogens is 216 g/mol. The molecule has 3 N–H and O–H groups in total. The van der Waals surface area contributed by atoms with E-state index in [0.717, 1.165) is 38.7 Å². The summed E-state index contributed by atoms with van der Waals surface area (Å²) in [4.78, 5) is 12.0. The van der Waals surface area contributed by atoms with Gasteiger partial charge in [0.2, 0.25) is 5.91 Å². The van der Waals surface area contributed by atoms with Gasteiger partial charge in [-0.2, -0.15) is 0 Å². The molecule has 1 aliphatic carbocycles. The summed E-state index contributed by atoms with van der Waals surface area (Å²) in [5, 5.41) is 3.04. The molecule has 1 saturated heterocycles. The fourth-order valence-electron chi connectivity index (χ4n) is 2.98. The Labute approximate surface area is 103 Å². The molecule has 2 fully saturated rings. The largest absolute Gasteiger partial charge is 0.376 e. The monoisotopic (exact) mass is 240 g/mol. The van der Waals surface area contributed by atoms with Crippen LogP contribution in [0.1, 0.15) is 38.5 Å². The van der Waals surface area contributed by atoms with Crippen LogP contribution < -0.4 is 11.1 Å². The van der Waals surface area contributed by atoms with Crippen LogP contribution in [0.4, 0.5) is 0 Å². The zero-order chi connectivity index (χ0) is 12.1. The standard InChI is InChI=1S/C13H24N2O2/c14-8-10-4-3-6-12(10)13(16)15-9-11-5-1-2-7-17-11/h10-12H,1-9,14H2,(H,15,16)/t10-,11?,12-/m1/s1. The van der Waals surface area contributed by atoms with Crippen LogP contribution in [0.2, 0.25) is 0 Å². The third-order valence-corrected chi connectivity index (χ3v) is 4.08. The maximum absolute atomic E-state index is 12.0. The van der Waals surface area contributed by atoms with E-state index in [1.54, 1.807) is 0 Å². The van der Waals surface area contributed by atoms with Gasteiger partial charge in [0.15, 0.2) is 0 Å². The van der Waals surface area contributed by atoms with Crippen molar-refractivity contribution in [1.82, 2.24) is 5.32 Å². The highest BCUT2D eigenvalue weighted by molar-refractivity contribution is 5.79. The number of ether oxygens (including phenoxy) is 1. The van der Waals surface area contributed by atoms with E-state index in [9.17, 15) is 4.79 Å². The van der Waals surface area contributed by atoms with Crippen LogP contribution in [0.15, 0.2) is 0 Å². The predicted molar refractivity (Wildman–Crippen MR) is 66.5 cm³/mol. The smallest absolute Gasteiger partial charge is 0.223 e. The second-order valence-electron chi connectivity index (χ2n) is 5.27. The van der Waals surface area contributed by atoms with Gasteiger partial charge < -0.3 is 15.8 Å². The van der Waals surface area contributed by atoms with Crippen LogP contribution in [-0.2, 0) is 9.53 Å². The average molecular weight is 240 g/mol. The first-order chi connectivity index (χ1) is 8.31. The molecule has 4 heteroatoms. The van der Waals surface area contributed by atoms with Gasteiger partial charge >= 0.3 is 0 Å². The second kappa shape index (κ2) is 6.36. The first kappa shape index (κ1) is 12.8. The molecule has 1 unspecified atom stereocenters. The molecule has 2 rings (SSSR count). The minimum Gasteiger partial charge on any atom is -0.376 e. The van der Waals surface area contributed by atoms with Gasteiger partial charge in [-0.25, -0.2) is 0 Å². The Morgan fingerprint density at radius 2 is 2.12 bits per heavy atom. The fraction of sp³-hybridized carbons (Fsp3) is 0.923. The Morgan fingerprint density at radius 3 is 2.82 bits per heavy atom. The lowest BCUT2D eigenvalue weighted by Crippen LogP contribution is -2.40. The topological polar surface area (TPSA) is 64.4 Å². The van der Waals surface area contributed by atoms with Gasteiger partial charge in [-0.1, -0.05) is 6.42 Å². The van der Waals surface area contributed by atoms with Crippen molar-refractivity contribution >= 4 is 5.91 Å². The van der Waals surface area contributed by atoms with E-state index in [4.69, 9.17) is 10.5 Å². The summed E-state index contributed by atoms with van der Waals surface area (Å²) in [6, 6.07) is 0. The molecule has 1 aliphatic heterocycles. The summed E-state index contributed by atoms with van der Waals surface area (Å²) >= 11 is 0. The SMILES string of the molecule is NC[C@H]1CCC[C@H]1C(=O)NCC1CCCCO1. The number of amides is 1. The van der Waals surface area contributed by atoms with Crippen molar-refractivity contribution in [2.45, 2.75) is 44.6 Å². The Hall–Kier alpha value is -0.610. The van der Waals surface area contributed by atoms with Crippen molar-refractivity contribution in [3.8, 4) is 0 Å². The summed E-state index contributed by atoms with van der Waals surface area (Å²) in [5.41, 5.74) is 5.70. The third-order valence-electron chi connectivity index (χ3n) is 4.08. The number of rotatable bonds is 4. The van der Waals surface area contributed by atoms with Crippen LogP contribution in [-0.4, -0.2) is 31.7 Å². The molecule has 98 valence electrons. The maximum atomic E-state index is 12.0. The highest BCUT2D eigenvalue weighted by Crippen LogP contribution is 2.30. The summed E-state index contributed by atoms with van der Waals surface area (Å²) in [6.07, 6.45) is 6.92. The molecule has 0 spiro atoms. The number of nitrogens with two attached hydrogens (primary N) is 1. The van der Waals surface area contributed by atoms with Gasteiger partial charge in [0, 0.05) is 19.1 Å². The quantitative estimate of drug-likeness (QED) is 0.772. The summed E-state index contributed by atoms with van der Waals surface area (Å²) in [6.45, 7) is 2.15. The van der Waals surface area contributed by atoms with Gasteiger partial charge in [-0.3, -0.25) is 4.79 Å². The van der Waals surface area contributed by atoms with Crippen molar-refractivity contribution < 1.29 is 9.53 Å². The van der Waals surface area contributed by atoms with Crippen molar-refractivity contribution in [2.24, 2.45) is 17.6 Å². The highest BCUT2D eigenvalue weighted by Gasteiger charge is 2.32. The number of carbonyl (C=O) groups is 1. The fourth-order valence-corrected chi connectivity index (χ4v) is 2.98. The molecule has 1 heterocycles. The first-order valence-electron chi connectivity index (χ1n) is 6.90. The molecule has 17 heavy (non-hydrogen) atoms. The molecule has 0 bridgehead atoms. The molecule has 1 saturated carbocycles. The van der Waals surface area contributed by atoms with E-state index >= 15 is 0 Å². The van der Waals surface area contributed by atoms with Crippen LogP contribution in [0.3, 0.4) is 0 Å². The Morgan fingerprint density at radius 1 is 1.24 bits per heavy atom. The van der Waals surface area contributed by atoms with E-state index in [0.29, 0.717) is 19.0 Å². The third kappa shape index (κ3) is 3.42. The number of carbonyl (C=O) groups excluding carboxylic acids is 1. The molecule has 1 amide bonds. The number of nitrogens with one attached hydrogen (secondary N) is 1. The van der Waals surface area contributed by atoms with Gasteiger partial charge in [-0.15, -0.1) is 0 Å². The maximum Gasteiger partial charge on any atom is 0.223 e. The second-order valence-corrected chi connectivity index (χ2v) is 5.27. The lowest BCUT2D eigenvalue weighted by molar-refractivity contribution is -0.126. The molecule has 0 aromatic heterocycles. The van der Waals surface area contributed by atoms with E-state index in [1.165, 1.54) is 6.42 Å². The Bertz CT molecular complexity index is 252. The van der Waals surface area contributed by atoms with Crippen molar-refractivity contribution in [3.05, 3.63) is 0 Å². The first-order valence-corrected chi connectivity index (χ1v) is 6.90. The van der Waals surface area contributed by atoms with E-state index in [-0.39, 0.29) is 17.9 Å². The van der Waals surface area contributed by atoms with E-state index in [1.807, 2.05) is 0 Å². The van der Waals surface area contributed by atoms with Crippen LogP contribution in [0, 0.1) is 11.8 Å². The van der Waals surface area contributed by atoms with Crippen LogP contribution in [0.5, 0.6) is 0 Å². The summed E-state index contributed by atoms with van der Waals surface area (Å²) in [5.74, 6) is 0.720. The molecule has 3 atom stereocenters. The lowest BCUT2D eigenvalue weighted by atomic mass is 9.95. The van der Waals surface area contributed by atoms with Crippen molar-refractivity contribution in [1.29, 1.82) is 0 Å². The van der Waals surface area contributed by atoms with Gasteiger partial charge in [0.25, 0.3) is 0 Å². The zero-order valence-corrected chi connectivity index (χ0v) is 10.5. The Kier molecular flexibility index (Phi) is 4.80. The van der Waals surface area contributed by atoms with E-state index in [2.05, 4.69) is 5.32 Å². The summed E-state index contributed by atoms with van der Waals surface area (Å²) in [7, 11) is 0. The number of hydrogen-bond donors (Lipinski definition) is 2.